The number of alkyl halides is 3. The molecule has 0 aliphatic carbocycles. The summed E-state index contributed by atoms with van der Waals surface area (Å²) in [5.74, 6) is 0.668. The molecular weight excluding hydrogens is 448 g/mol. The number of guanidine groups is 1. The van der Waals surface area contributed by atoms with Crippen LogP contribution in [0, 0.1) is 5.92 Å². The largest absolute Gasteiger partial charge is 0.573 e. The number of ether oxygens (including phenoxy) is 1. The quantitative estimate of drug-likeness (QED) is 0.380. The van der Waals surface area contributed by atoms with Crippen LogP contribution >= 0.6 is 24.0 Å². The fourth-order valence-corrected chi connectivity index (χ4v) is 2.64. The van der Waals surface area contributed by atoms with Crippen molar-refractivity contribution < 1.29 is 17.9 Å². The fourth-order valence-electron chi connectivity index (χ4n) is 2.64. The molecule has 0 amide bonds. The highest BCUT2D eigenvalue weighted by Gasteiger charge is 2.30. The van der Waals surface area contributed by atoms with Crippen molar-refractivity contribution in [2.45, 2.75) is 26.3 Å². The Labute approximate surface area is 162 Å². The molecule has 1 aliphatic rings. The molecule has 0 aromatic heterocycles. The standard InChI is InChI=1S/C16H23F3N4O.HI/c1-2-23-8-7-13(11-23)10-22-15(20)21-9-12-3-5-14(6-4-12)24-16(17,18)19;/h3-6,13H,2,7-11H2,1H3,(H3,20,21,22);1H. The van der Waals surface area contributed by atoms with Crippen LogP contribution in [-0.4, -0.2) is 43.4 Å². The first-order valence-electron chi connectivity index (χ1n) is 7.96. The van der Waals surface area contributed by atoms with Gasteiger partial charge in [0.2, 0.25) is 0 Å². The summed E-state index contributed by atoms with van der Waals surface area (Å²) in [6, 6.07) is 5.60. The number of likely N-dealkylation sites (tertiary alicyclic amines) is 1. The van der Waals surface area contributed by atoms with Gasteiger partial charge in [0.1, 0.15) is 5.75 Å². The van der Waals surface area contributed by atoms with Gasteiger partial charge in [-0.25, -0.2) is 4.99 Å². The molecule has 0 bridgehead atoms. The van der Waals surface area contributed by atoms with Crippen molar-refractivity contribution in [2.75, 3.05) is 26.2 Å². The molecule has 3 N–H and O–H groups in total. The summed E-state index contributed by atoms with van der Waals surface area (Å²) >= 11 is 0. The van der Waals surface area contributed by atoms with Crippen LogP contribution in [0.5, 0.6) is 5.75 Å². The fraction of sp³-hybridized carbons (Fsp3) is 0.562. The van der Waals surface area contributed by atoms with Crippen molar-refractivity contribution in [3.63, 3.8) is 0 Å². The van der Waals surface area contributed by atoms with E-state index in [2.05, 4.69) is 26.9 Å². The highest BCUT2D eigenvalue weighted by atomic mass is 127. The monoisotopic (exact) mass is 472 g/mol. The van der Waals surface area contributed by atoms with Crippen molar-refractivity contribution in [1.29, 1.82) is 0 Å². The lowest BCUT2D eigenvalue weighted by atomic mass is 10.1. The van der Waals surface area contributed by atoms with Crippen LogP contribution in [0.15, 0.2) is 29.3 Å². The highest BCUT2D eigenvalue weighted by molar-refractivity contribution is 14.0. The Kier molecular flexibility index (Phi) is 8.77. The summed E-state index contributed by atoms with van der Waals surface area (Å²) in [7, 11) is 0. The Morgan fingerprint density at radius 1 is 1.36 bits per heavy atom. The minimum absolute atomic E-state index is 0. The first-order chi connectivity index (χ1) is 11.4. The topological polar surface area (TPSA) is 62.9 Å². The average molecular weight is 472 g/mol. The first-order valence-corrected chi connectivity index (χ1v) is 7.96. The van der Waals surface area contributed by atoms with Crippen molar-refractivity contribution in [3.8, 4) is 5.75 Å². The number of rotatable bonds is 6. The Bertz CT molecular complexity index is 551. The smallest absolute Gasteiger partial charge is 0.406 e. The van der Waals surface area contributed by atoms with Crippen molar-refractivity contribution >= 4 is 29.9 Å². The molecular formula is C16H24F3IN4O. The SMILES string of the molecule is CCN1CCC(CNC(N)=NCc2ccc(OC(F)(F)F)cc2)C1.I. The number of nitrogens with two attached hydrogens (primary N) is 1. The molecule has 1 aliphatic heterocycles. The Balaban J connectivity index is 0.00000312. The van der Waals surface area contributed by atoms with Crippen LogP contribution in [-0.2, 0) is 6.54 Å². The zero-order valence-electron chi connectivity index (χ0n) is 14.1. The van der Waals surface area contributed by atoms with Crippen molar-refractivity contribution in [2.24, 2.45) is 16.6 Å². The predicted molar refractivity (Wildman–Crippen MR) is 102 cm³/mol. The van der Waals surface area contributed by atoms with E-state index in [1.54, 1.807) is 0 Å². The first kappa shape index (κ1) is 21.8. The molecule has 0 radical (unpaired) electrons. The van der Waals surface area contributed by atoms with Crippen LogP contribution in [0.3, 0.4) is 0 Å². The summed E-state index contributed by atoms with van der Waals surface area (Å²) < 4.78 is 40.1. The molecule has 1 aromatic rings. The molecule has 9 heteroatoms. The van der Waals surface area contributed by atoms with Crippen LogP contribution in [0.25, 0.3) is 0 Å². The molecule has 1 unspecified atom stereocenters. The Morgan fingerprint density at radius 2 is 2.04 bits per heavy atom. The molecule has 2 rings (SSSR count). The lowest BCUT2D eigenvalue weighted by Crippen LogP contribution is -2.36. The number of hydrogen-bond acceptors (Lipinski definition) is 3. The van der Waals surface area contributed by atoms with Crippen molar-refractivity contribution in [3.05, 3.63) is 29.8 Å². The minimum Gasteiger partial charge on any atom is -0.406 e. The number of nitrogens with one attached hydrogen (secondary N) is 1. The van der Waals surface area contributed by atoms with E-state index in [9.17, 15) is 13.2 Å². The number of hydrogen-bond donors (Lipinski definition) is 2. The van der Waals surface area contributed by atoms with Gasteiger partial charge in [-0.1, -0.05) is 19.1 Å². The van der Waals surface area contributed by atoms with Gasteiger partial charge in [0, 0.05) is 13.1 Å². The van der Waals surface area contributed by atoms with Gasteiger partial charge in [0.05, 0.1) is 6.54 Å². The summed E-state index contributed by atoms with van der Waals surface area (Å²) in [5, 5.41) is 3.11. The number of nitrogens with zero attached hydrogens (tertiary/aromatic N) is 2. The van der Waals surface area contributed by atoms with Gasteiger partial charge in [-0.2, -0.15) is 0 Å². The number of halogens is 4. The molecule has 142 valence electrons. The third kappa shape index (κ3) is 8.13. The second-order valence-corrected chi connectivity index (χ2v) is 5.82. The van der Waals surface area contributed by atoms with Crippen molar-refractivity contribution in [1.82, 2.24) is 10.2 Å². The molecule has 5 nitrogen and oxygen atoms in total. The predicted octanol–water partition coefficient (Wildman–Crippen LogP) is 2.95. The summed E-state index contributed by atoms with van der Waals surface area (Å²) in [6.07, 6.45) is -3.53. The molecule has 1 atom stereocenters. The normalized spacial score (nSPS) is 18.7. The third-order valence-corrected chi connectivity index (χ3v) is 3.98. The third-order valence-electron chi connectivity index (χ3n) is 3.98. The molecule has 1 saturated heterocycles. The van der Waals surface area contributed by atoms with Gasteiger partial charge in [-0.05, 0) is 43.1 Å². The lowest BCUT2D eigenvalue weighted by molar-refractivity contribution is -0.274. The van der Waals surface area contributed by atoms with Gasteiger partial charge >= 0.3 is 6.36 Å². The molecule has 1 fully saturated rings. The van der Waals surface area contributed by atoms with E-state index in [0.717, 1.165) is 38.2 Å². The average Bonchev–Trinajstić information content (AvgIpc) is 2.99. The summed E-state index contributed by atoms with van der Waals surface area (Å²) in [6.45, 7) is 6.48. The van der Waals surface area contributed by atoms with Crippen LogP contribution < -0.4 is 15.8 Å². The number of benzene rings is 1. The number of aliphatic imine (C=N–C) groups is 1. The van der Waals surface area contributed by atoms with Crippen LogP contribution in [0.2, 0.25) is 0 Å². The summed E-state index contributed by atoms with van der Waals surface area (Å²) in [4.78, 5) is 6.60. The van der Waals surface area contributed by atoms with E-state index in [4.69, 9.17) is 5.73 Å². The Hall–Kier alpha value is -1.23. The zero-order chi connectivity index (χ0) is 17.6. The van der Waals surface area contributed by atoms with Crippen LogP contribution in [0.4, 0.5) is 13.2 Å². The maximum atomic E-state index is 12.1. The summed E-state index contributed by atoms with van der Waals surface area (Å²) in [5.41, 5.74) is 6.59. The van der Waals surface area contributed by atoms with Gasteiger partial charge in [-0.3, -0.25) is 0 Å². The van der Waals surface area contributed by atoms with Gasteiger partial charge in [0.25, 0.3) is 0 Å². The molecule has 0 saturated carbocycles. The van der Waals surface area contributed by atoms with E-state index in [-0.39, 0.29) is 29.7 Å². The maximum Gasteiger partial charge on any atom is 0.573 e. The lowest BCUT2D eigenvalue weighted by Gasteiger charge is -2.14. The van der Waals surface area contributed by atoms with E-state index in [1.807, 2.05) is 0 Å². The van der Waals surface area contributed by atoms with E-state index < -0.39 is 6.36 Å². The molecule has 1 aromatic carbocycles. The van der Waals surface area contributed by atoms with Crippen LogP contribution in [0.1, 0.15) is 18.9 Å². The van der Waals surface area contributed by atoms with Gasteiger partial charge in [0.15, 0.2) is 5.96 Å². The van der Waals surface area contributed by atoms with Gasteiger partial charge < -0.3 is 20.7 Å². The molecule has 25 heavy (non-hydrogen) atoms. The van der Waals surface area contributed by atoms with E-state index >= 15 is 0 Å². The Morgan fingerprint density at radius 3 is 2.60 bits per heavy atom. The molecule has 1 heterocycles. The van der Waals surface area contributed by atoms with Gasteiger partial charge in [-0.15, -0.1) is 37.1 Å². The second-order valence-electron chi connectivity index (χ2n) is 5.82. The van der Waals surface area contributed by atoms with E-state index in [1.165, 1.54) is 24.3 Å². The van der Waals surface area contributed by atoms with E-state index in [0.29, 0.717) is 18.4 Å². The highest BCUT2D eigenvalue weighted by Crippen LogP contribution is 2.22. The minimum atomic E-state index is -4.68. The molecule has 0 spiro atoms. The maximum absolute atomic E-state index is 12.1. The zero-order valence-corrected chi connectivity index (χ0v) is 16.4. The second kappa shape index (κ2) is 10.0.